The number of rotatable bonds is 9. The standard InChI is InChI=1S/C21H31N5O.HI/c1-5-26(6-2)19(18-10-8-7-9-11-18)16-25-21(22-3)24-15-17-12-13-20(27-4)23-14-17;/h7-14,19H,5-6,15-16H2,1-4H3,(H2,22,24,25);1H. The maximum absolute atomic E-state index is 5.09. The maximum atomic E-state index is 5.09. The summed E-state index contributed by atoms with van der Waals surface area (Å²) in [6.45, 7) is 7.83. The van der Waals surface area contributed by atoms with Crippen molar-refractivity contribution in [1.29, 1.82) is 0 Å². The Morgan fingerprint density at radius 2 is 1.82 bits per heavy atom. The van der Waals surface area contributed by atoms with Crippen LogP contribution in [0.4, 0.5) is 0 Å². The van der Waals surface area contributed by atoms with Crippen LogP contribution in [0.25, 0.3) is 0 Å². The zero-order chi connectivity index (χ0) is 19.5. The fraction of sp³-hybridized carbons (Fsp3) is 0.429. The van der Waals surface area contributed by atoms with Crippen LogP contribution in [0.1, 0.15) is 31.0 Å². The highest BCUT2D eigenvalue weighted by Gasteiger charge is 2.18. The SMILES string of the molecule is CCN(CC)C(CNC(=NC)NCc1ccc(OC)nc1)c1ccccc1.I. The first-order valence-corrected chi connectivity index (χ1v) is 9.44. The van der Waals surface area contributed by atoms with Crippen molar-refractivity contribution in [3.8, 4) is 5.88 Å². The average Bonchev–Trinajstić information content (AvgIpc) is 2.74. The van der Waals surface area contributed by atoms with E-state index in [1.54, 1.807) is 14.2 Å². The number of hydrogen-bond acceptors (Lipinski definition) is 4. The predicted molar refractivity (Wildman–Crippen MR) is 127 cm³/mol. The monoisotopic (exact) mass is 497 g/mol. The summed E-state index contributed by atoms with van der Waals surface area (Å²) in [5, 5.41) is 6.81. The van der Waals surface area contributed by atoms with E-state index in [-0.39, 0.29) is 24.0 Å². The van der Waals surface area contributed by atoms with E-state index in [9.17, 15) is 0 Å². The third-order valence-corrected chi connectivity index (χ3v) is 4.59. The smallest absolute Gasteiger partial charge is 0.212 e. The molecule has 2 N–H and O–H groups in total. The van der Waals surface area contributed by atoms with Gasteiger partial charge >= 0.3 is 0 Å². The molecule has 1 heterocycles. The summed E-state index contributed by atoms with van der Waals surface area (Å²) in [4.78, 5) is 11.0. The molecule has 7 heteroatoms. The van der Waals surface area contributed by atoms with Gasteiger partial charge in [0, 0.05) is 32.4 Å². The highest BCUT2D eigenvalue weighted by molar-refractivity contribution is 14.0. The number of hydrogen-bond donors (Lipinski definition) is 2. The number of ether oxygens (including phenoxy) is 1. The van der Waals surface area contributed by atoms with E-state index in [0.29, 0.717) is 18.5 Å². The van der Waals surface area contributed by atoms with E-state index >= 15 is 0 Å². The Labute approximate surface area is 185 Å². The van der Waals surface area contributed by atoms with Crippen LogP contribution in [0.3, 0.4) is 0 Å². The molecule has 2 aromatic rings. The van der Waals surface area contributed by atoms with Gasteiger partial charge in [0.05, 0.1) is 13.2 Å². The molecular weight excluding hydrogens is 465 g/mol. The van der Waals surface area contributed by atoms with Crippen LogP contribution in [0, 0.1) is 0 Å². The van der Waals surface area contributed by atoms with E-state index in [4.69, 9.17) is 4.74 Å². The van der Waals surface area contributed by atoms with E-state index in [2.05, 4.69) is 69.7 Å². The molecule has 0 fully saturated rings. The first kappa shape index (κ1) is 24.2. The number of likely N-dealkylation sites (N-methyl/N-ethyl adjacent to an activating group) is 1. The Morgan fingerprint density at radius 3 is 2.36 bits per heavy atom. The van der Waals surface area contributed by atoms with Crippen molar-refractivity contribution in [2.45, 2.75) is 26.4 Å². The Kier molecular flexibility index (Phi) is 11.5. The molecule has 0 spiro atoms. The van der Waals surface area contributed by atoms with E-state index in [1.165, 1.54) is 5.56 Å². The third-order valence-electron chi connectivity index (χ3n) is 4.59. The van der Waals surface area contributed by atoms with Crippen LogP contribution in [0.15, 0.2) is 53.7 Å². The molecule has 0 radical (unpaired) electrons. The van der Waals surface area contributed by atoms with Gasteiger partial charge in [-0.2, -0.15) is 0 Å². The highest BCUT2D eigenvalue weighted by Crippen LogP contribution is 2.19. The molecule has 0 amide bonds. The number of nitrogens with one attached hydrogen (secondary N) is 2. The van der Waals surface area contributed by atoms with Crippen LogP contribution < -0.4 is 15.4 Å². The molecule has 6 nitrogen and oxygen atoms in total. The summed E-state index contributed by atoms with van der Waals surface area (Å²) < 4.78 is 5.09. The summed E-state index contributed by atoms with van der Waals surface area (Å²) in [6, 6.07) is 14.8. The number of benzene rings is 1. The van der Waals surface area contributed by atoms with Gasteiger partial charge in [0.1, 0.15) is 0 Å². The fourth-order valence-corrected chi connectivity index (χ4v) is 3.03. The van der Waals surface area contributed by atoms with Gasteiger partial charge in [0.15, 0.2) is 5.96 Å². The number of guanidine groups is 1. The van der Waals surface area contributed by atoms with E-state index in [1.807, 2.05) is 18.3 Å². The van der Waals surface area contributed by atoms with Crippen LogP contribution in [0.5, 0.6) is 5.88 Å². The summed E-state index contributed by atoms with van der Waals surface area (Å²) in [5.41, 5.74) is 2.38. The predicted octanol–water partition coefficient (Wildman–Crippen LogP) is 3.46. The lowest BCUT2D eigenvalue weighted by molar-refractivity contribution is 0.219. The topological polar surface area (TPSA) is 61.8 Å². The minimum Gasteiger partial charge on any atom is -0.481 e. The second kappa shape index (κ2) is 13.3. The van der Waals surface area contributed by atoms with Crippen molar-refractivity contribution in [1.82, 2.24) is 20.5 Å². The van der Waals surface area contributed by atoms with Gasteiger partial charge in [-0.1, -0.05) is 50.2 Å². The molecule has 0 saturated carbocycles. The molecule has 154 valence electrons. The van der Waals surface area contributed by atoms with E-state index in [0.717, 1.165) is 31.2 Å². The van der Waals surface area contributed by atoms with Gasteiger partial charge < -0.3 is 15.4 Å². The molecular formula is C21H32IN5O. The van der Waals surface area contributed by atoms with Crippen LogP contribution in [-0.4, -0.2) is 49.6 Å². The molecule has 0 aliphatic rings. The zero-order valence-electron chi connectivity index (χ0n) is 17.2. The van der Waals surface area contributed by atoms with Gasteiger partial charge in [-0.15, -0.1) is 24.0 Å². The van der Waals surface area contributed by atoms with Crippen molar-refractivity contribution < 1.29 is 4.74 Å². The quantitative estimate of drug-likeness (QED) is 0.316. The van der Waals surface area contributed by atoms with Crippen molar-refractivity contribution >= 4 is 29.9 Å². The Morgan fingerprint density at radius 1 is 1.11 bits per heavy atom. The average molecular weight is 497 g/mol. The highest BCUT2D eigenvalue weighted by atomic mass is 127. The fourth-order valence-electron chi connectivity index (χ4n) is 3.03. The molecule has 28 heavy (non-hydrogen) atoms. The first-order chi connectivity index (χ1) is 13.2. The Hall–Kier alpha value is -1.87. The minimum absolute atomic E-state index is 0. The first-order valence-electron chi connectivity index (χ1n) is 9.44. The summed E-state index contributed by atoms with van der Waals surface area (Å²) in [7, 11) is 3.40. The zero-order valence-corrected chi connectivity index (χ0v) is 19.5. The van der Waals surface area contributed by atoms with E-state index < -0.39 is 0 Å². The Bertz CT molecular complexity index is 690. The number of pyridine rings is 1. The number of aliphatic imine (C=N–C) groups is 1. The lowest BCUT2D eigenvalue weighted by Gasteiger charge is -2.30. The van der Waals surface area contributed by atoms with Crippen LogP contribution in [-0.2, 0) is 6.54 Å². The Balaban J connectivity index is 0.00000392. The lowest BCUT2D eigenvalue weighted by atomic mass is 10.1. The van der Waals surface area contributed by atoms with Gasteiger partial charge in [-0.3, -0.25) is 9.89 Å². The molecule has 0 aliphatic carbocycles. The molecule has 0 saturated heterocycles. The number of nitrogens with zero attached hydrogens (tertiary/aromatic N) is 3. The maximum Gasteiger partial charge on any atom is 0.212 e. The lowest BCUT2D eigenvalue weighted by Crippen LogP contribution is -2.43. The largest absolute Gasteiger partial charge is 0.481 e. The minimum atomic E-state index is 0. The van der Waals surface area contributed by atoms with Gasteiger partial charge in [0.2, 0.25) is 5.88 Å². The summed E-state index contributed by atoms with van der Waals surface area (Å²) in [6.07, 6.45) is 1.81. The van der Waals surface area contributed by atoms with Crippen molar-refractivity contribution in [2.24, 2.45) is 4.99 Å². The molecule has 2 rings (SSSR count). The van der Waals surface area contributed by atoms with Gasteiger partial charge in [-0.25, -0.2) is 4.98 Å². The van der Waals surface area contributed by atoms with Crippen LogP contribution in [0.2, 0.25) is 0 Å². The number of halogens is 1. The number of methoxy groups -OCH3 is 1. The second-order valence-corrected chi connectivity index (χ2v) is 6.16. The van der Waals surface area contributed by atoms with Gasteiger partial charge in [-0.05, 0) is 24.2 Å². The normalized spacial score (nSPS) is 12.2. The molecule has 1 unspecified atom stereocenters. The van der Waals surface area contributed by atoms with Crippen molar-refractivity contribution in [3.05, 3.63) is 59.8 Å². The third kappa shape index (κ3) is 7.27. The van der Waals surface area contributed by atoms with Gasteiger partial charge in [0.25, 0.3) is 0 Å². The van der Waals surface area contributed by atoms with Crippen molar-refractivity contribution in [2.75, 3.05) is 33.8 Å². The van der Waals surface area contributed by atoms with Crippen LogP contribution >= 0.6 is 24.0 Å². The van der Waals surface area contributed by atoms with Crippen molar-refractivity contribution in [3.63, 3.8) is 0 Å². The molecule has 0 bridgehead atoms. The summed E-state index contributed by atoms with van der Waals surface area (Å²) in [5.74, 6) is 1.39. The number of aromatic nitrogens is 1. The molecule has 1 atom stereocenters. The second-order valence-electron chi connectivity index (χ2n) is 6.16. The molecule has 0 aliphatic heterocycles. The molecule has 1 aromatic heterocycles. The summed E-state index contributed by atoms with van der Waals surface area (Å²) >= 11 is 0. The molecule has 1 aromatic carbocycles.